The van der Waals surface area contributed by atoms with Crippen LogP contribution in [0.2, 0.25) is 0 Å². The summed E-state index contributed by atoms with van der Waals surface area (Å²) < 4.78 is 7.17. The third-order valence-electron chi connectivity index (χ3n) is 4.08. The smallest absolute Gasteiger partial charge is 0.263 e. The number of rotatable bonds is 3. The fourth-order valence-corrected chi connectivity index (χ4v) is 2.89. The molecule has 0 radical (unpaired) electrons. The average molecular weight is 291 g/mol. The van der Waals surface area contributed by atoms with Crippen molar-refractivity contribution in [2.75, 3.05) is 32.8 Å². The first kappa shape index (κ1) is 14.3. The van der Waals surface area contributed by atoms with Gasteiger partial charge in [-0.05, 0) is 25.0 Å². The molecule has 1 N–H and O–H groups in total. The van der Waals surface area contributed by atoms with Crippen LogP contribution in [-0.2, 0) is 11.3 Å². The van der Waals surface area contributed by atoms with E-state index in [0.717, 1.165) is 32.5 Å². The minimum atomic E-state index is -0.212. The molecule has 1 atom stereocenters. The number of hydrogen-bond donors (Lipinski definition) is 1. The maximum absolute atomic E-state index is 12.5. The van der Waals surface area contributed by atoms with E-state index in [1.807, 2.05) is 0 Å². The summed E-state index contributed by atoms with van der Waals surface area (Å²) in [5, 5.41) is 3.20. The second-order valence-electron chi connectivity index (χ2n) is 5.56. The van der Waals surface area contributed by atoms with Crippen molar-refractivity contribution in [1.82, 2.24) is 14.8 Å². The van der Waals surface area contributed by atoms with Gasteiger partial charge in [0.1, 0.15) is 5.56 Å². The highest BCUT2D eigenvalue weighted by Gasteiger charge is 2.22. The van der Waals surface area contributed by atoms with Crippen molar-refractivity contribution >= 4 is 5.91 Å². The molecule has 114 valence electrons. The molecular weight excluding hydrogens is 270 g/mol. The van der Waals surface area contributed by atoms with Crippen molar-refractivity contribution in [2.24, 2.45) is 0 Å². The molecular formula is C15H21N3O3. The third kappa shape index (κ3) is 3.16. The molecule has 21 heavy (non-hydrogen) atoms. The first-order valence-electron chi connectivity index (χ1n) is 7.57. The zero-order valence-electron chi connectivity index (χ0n) is 12.1. The lowest BCUT2D eigenvalue weighted by atomic mass is 10.2. The van der Waals surface area contributed by atoms with Crippen LogP contribution >= 0.6 is 0 Å². The zero-order valence-corrected chi connectivity index (χ0v) is 12.1. The average Bonchev–Trinajstić information content (AvgIpc) is 3.03. The van der Waals surface area contributed by atoms with Crippen molar-refractivity contribution in [3.05, 3.63) is 34.2 Å². The van der Waals surface area contributed by atoms with E-state index >= 15 is 0 Å². The van der Waals surface area contributed by atoms with Crippen LogP contribution in [0.4, 0.5) is 0 Å². The molecule has 1 aromatic heterocycles. The largest absolute Gasteiger partial charge is 0.376 e. The topological polar surface area (TPSA) is 63.6 Å². The van der Waals surface area contributed by atoms with E-state index in [1.54, 1.807) is 27.8 Å². The summed E-state index contributed by atoms with van der Waals surface area (Å²) in [6.45, 7) is 4.16. The highest BCUT2D eigenvalue weighted by Crippen LogP contribution is 2.13. The molecule has 0 saturated carbocycles. The first-order chi connectivity index (χ1) is 10.3. The predicted octanol–water partition coefficient (Wildman–Crippen LogP) is 0.0727. The number of nitrogens with zero attached hydrogens (tertiary/aromatic N) is 2. The molecule has 2 saturated heterocycles. The van der Waals surface area contributed by atoms with Crippen LogP contribution in [0, 0.1) is 0 Å². The summed E-state index contributed by atoms with van der Waals surface area (Å²) in [7, 11) is 0. The molecule has 2 aliphatic rings. The van der Waals surface area contributed by atoms with E-state index in [1.165, 1.54) is 0 Å². The Labute approximate surface area is 123 Å². The van der Waals surface area contributed by atoms with Gasteiger partial charge >= 0.3 is 0 Å². The van der Waals surface area contributed by atoms with Crippen LogP contribution in [0.15, 0.2) is 23.1 Å². The lowest BCUT2D eigenvalue weighted by Crippen LogP contribution is -2.48. The standard InChI is InChI=1S/C15H21N3O3/c19-14(17-8-5-16-6-9-17)13-4-1-7-18(15(13)20)11-12-3-2-10-21-12/h1,4,7,12,16H,2-3,5-6,8-11H2. The molecule has 2 aliphatic heterocycles. The molecule has 1 aromatic rings. The maximum atomic E-state index is 12.5. The maximum Gasteiger partial charge on any atom is 0.263 e. The Kier molecular flexibility index (Phi) is 4.36. The summed E-state index contributed by atoms with van der Waals surface area (Å²) in [4.78, 5) is 26.7. The summed E-state index contributed by atoms with van der Waals surface area (Å²) in [5.41, 5.74) is 0.0499. The van der Waals surface area contributed by atoms with Gasteiger partial charge in [0.05, 0.1) is 12.6 Å². The minimum Gasteiger partial charge on any atom is -0.376 e. The third-order valence-corrected chi connectivity index (χ3v) is 4.08. The fraction of sp³-hybridized carbons (Fsp3) is 0.600. The Hall–Kier alpha value is -1.66. The summed E-state index contributed by atoms with van der Waals surface area (Å²) >= 11 is 0. The van der Waals surface area contributed by atoms with Crippen LogP contribution in [0.3, 0.4) is 0 Å². The van der Waals surface area contributed by atoms with Crippen LogP contribution < -0.4 is 10.9 Å². The molecule has 3 rings (SSSR count). The van der Waals surface area contributed by atoms with Gasteiger partial charge in [0.2, 0.25) is 0 Å². The van der Waals surface area contributed by atoms with Crippen LogP contribution in [0.5, 0.6) is 0 Å². The molecule has 0 bridgehead atoms. The van der Waals surface area contributed by atoms with Gasteiger partial charge in [-0.2, -0.15) is 0 Å². The lowest BCUT2D eigenvalue weighted by Gasteiger charge is -2.27. The molecule has 2 fully saturated rings. The van der Waals surface area contributed by atoms with Gasteiger partial charge < -0.3 is 19.5 Å². The van der Waals surface area contributed by atoms with Crippen LogP contribution in [0.25, 0.3) is 0 Å². The molecule has 0 aromatic carbocycles. The number of aromatic nitrogens is 1. The van der Waals surface area contributed by atoms with Gasteiger partial charge in [-0.25, -0.2) is 0 Å². The Balaban J connectivity index is 1.78. The van der Waals surface area contributed by atoms with Gasteiger partial charge in [-0.1, -0.05) is 0 Å². The highest BCUT2D eigenvalue weighted by atomic mass is 16.5. The molecule has 6 nitrogen and oxygen atoms in total. The monoisotopic (exact) mass is 291 g/mol. The van der Waals surface area contributed by atoms with E-state index in [2.05, 4.69) is 5.32 Å². The summed E-state index contributed by atoms with van der Waals surface area (Å²) in [5.74, 6) is -0.164. The van der Waals surface area contributed by atoms with Crippen molar-refractivity contribution in [2.45, 2.75) is 25.5 Å². The SMILES string of the molecule is O=C(c1cccn(CC2CCCO2)c1=O)N1CCNCC1. The number of pyridine rings is 1. The summed E-state index contributed by atoms with van der Waals surface area (Å²) in [6, 6.07) is 3.39. The molecule has 1 amide bonds. The first-order valence-corrected chi connectivity index (χ1v) is 7.57. The number of ether oxygens (including phenoxy) is 1. The number of carbonyl (C=O) groups is 1. The Morgan fingerprint density at radius 3 is 2.90 bits per heavy atom. The molecule has 1 unspecified atom stereocenters. The highest BCUT2D eigenvalue weighted by molar-refractivity contribution is 5.93. The van der Waals surface area contributed by atoms with E-state index in [0.29, 0.717) is 19.6 Å². The Morgan fingerprint density at radius 2 is 2.19 bits per heavy atom. The van der Waals surface area contributed by atoms with Gasteiger partial charge in [-0.3, -0.25) is 9.59 Å². The van der Waals surface area contributed by atoms with Gasteiger partial charge in [-0.15, -0.1) is 0 Å². The van der Waals surface area contributed by atoms with Crippen LogP contribution in [-0.4, -0.2) is 54.3 Å². The second-order valence-corrected chi connectivity index (χ2v) is 5.56. The Morgan fingerprint density at radius 1 is 1.38 bits per heavy atom. The summed E-state index contributed by atoms with van der Waals surface area (Å²) in [6.07, 6.45) is 3.84. The van der Waals surface area contributed by atoms with E-state index in [-0.39, 0.29) is 23.1 Å². The van der Waals surface area contributed by atoms with Crippen LogP contribution in [0.1, 0.15) is 23.2 Å². The van der Waals surface area contributed by atoms with E-state index in [4.69, 9.17) is 4.74 Å². The quantitative estimate of drug-likeness (QED) is 0.856. The molecule has 0 spiro atoms. The fourth-order valence-electron chi connectivity index (χ4n) is 2.89. The molecule has 3 heterocycles. The second kappa shape index (κ2) is 6.41. The lowest BCUT2D eigenvalue weighted by molar-refractivity contribution is 0.0730. The number of carbonyl (C=O) groups excluding carboxylic acids is 1. The number of amides is 1. The van der Waals surface area contributed by atoms with Crippen molar-refractivity contribution < 1.29 is 9.53 Å². The van der Waals surface area contributed by atoms with Gasteiger partial charge in [0, 0.05) is 39.0 Å². The van der Waals surface area contributed by atoms with E-state index in [9.17, 15) is 9.59 Å². The number of piperazine rings is 1. The zero-order chi connectivity index (χ0) is 14.7. The van der Waals surface area contributed by atoms with E-state index < -0.39 is 0 Å². The number of hydrogen-bond acceptors (Lipinski definition) is 4. The minimum absolute atomic E-state index is 0.0900. The molecule has 0 aliphatic carbocycles. The van der Waals surface area contributed by atoms with Crippen molar-refractivity contribution in [1.29, 1.82) is 0 Å². The molecule has 6 heteroatoms. The normalized spacial score (nSPS) is 22.5. The number of nitrogens with one attached hydrogen (secondary N) is 1. The predicted molar refractivity (Wildman–Crippen MR) is 78.4 cm³/mol. The van der Waals surface area contributed by atoms with Crippen molar-refractivity contribution in [3.63, 3.8) is 0 Å². The Bertz CT molecular complexity index is 558. The van der Waals surface area contributed by atoms with Gasteiger partial charge in [0.15, 0.2) is 0 Å². The van der Waals surface area contributed by atoms with Gasteiger partial charge in [0.25, 0.3) is 11.5 Å². The van der Waals surface area contributed by atoms with Crippen molar-refractivity contribution in [3.8, 4) is 0 Å².